The molecule has 6 heteroatoms. The fourth-order valence-corrected chi connectivity index (χ4v) is 3.48. The van der Waals surface area contributed by atoms with E-state index >= 15 is 0 Å². The summed E-state index contributed by atoms with van der Waals surface area (Å²) in [6, 6.07) is 13.2. The van der Waals surface area contributed by atoms with Gasteiger partial charge in [0.25, 0.3) is 0 Å². The van der Waals surface area contributed by atoms with E-state index in [0.29, 0.717) is 30.3 Å². The normalized spacial score (nSPS) is 14.1. The van der Waals surface area contributed by atoms with E-state index in [1.54, 1.807) is 36.4 Å². The van der Waals surface area contributed by atoms with Gasteiger partial charge in [-0.15, -0.1) is 0 Å². The average Bonchev–Trinajstić information content (AvgIpc) is 2.59. The Balaban J connectivity index is 2.00. The molecule has 1 aliphatic heterocycles. The van der Waals surface area contributed by atoms with Gasteiger partial charge in [-0.3, -0.25) is 0 Å². The van der Waals surface area contributed by atoms with Gasteiger partial charge in [0, 0.05) is 0 Å². The van der Waals surface area contributed by atoms with Crippen LogP contribution in [0.1, 0.15) is 11.1 Å². The minimum atomic E-state index is -3.86. The smallest absolute Gasteiger partial charge is 0.216 e. The number of fused-ring (bicyclic) bond motifs is 1. The first-order valence-electron chi connectivity index (χ1n) is 7.34. The molecule has 2 aromatic carbocycles. The van der Waals surface area contributed by atoms with Crippen LogP contribution in [-0.2, 0) is 9.84 Å². The zero-order valence-corrected chi connectivity index (χ0v) is 13.8. The Morgan fingerprint density at radius 1 is 1.08 bits per heavy atom. The third kappa shape index (κ3) is 3.12. The highest BCUT2D eigenvalue weighted by Gasteiger charge is 2.21. The van der Waals surface area contributed by atoms with E-state index in [0.717, 1.165) is 5.56 Å². The quantitative estimate of drug-likeness (QED) is 0.802. The first kappa shape index (κ1) is 16.1. The molecule has 3 rings (SSSR count). The molecule has 1 heterocycles. The largest absolute Gasteiger partial charge is 0.486 e. The maximum atomic E-state index is 12.6. The van der Waals surface area contributed by atoms with Gasteiger partial charge in [-0.05, 0) is 42.8 Å². The fourth-order valence-electron chi connectivity index (χ4n) is 2.32. The van der Waals surface area contributed by atoms with Crippen LogP contribution < -0.4 is 9.47 Å². The molecule has 2 aromatic rings. The van der Waals surface area contributed by atoms with Gasteiger partial charge in [0.2, 0.25) is 9.84 Å². The zero-order chi connectivity index (χ0) is 17.2. The molecule has 0 saturated carbocycles. The molecule has 0 bridgehead atoms. The highest BCUT2D eigenvalue weighted by molar-refractivity contribution is 7.95. The number of hydrogen-bond donors (Lipinski definition) is 0. The number of hydrogen-bond acceptors (Lipinski definition) is 5. The van der Waals surface area contributed by atoms with Gasteiger partial charge in [-0.2, -0.15) is 5.26 Å². The van der Waals surface area contributed by atoms with Crippen molar-refractivity contribution in [3.8, 4) is 17.6 Å². The van der Waals surface area contributed by atoms with E-state index in [1.807, 2.05) is 6.92 Å². The summed E-state index contributed by atoms with van der Waals surface area (Å²) in [6.45, 7) is 2.78. The van der Waals surface area contributed by atoms with Crippen LogP contribution >= 0.6 is 0 Å². The van der Waals surface area contributed by atoms with Crippen molar-refractivity contribution in [2.24, 2.45) is 0 Å². The summed E-state index contributed by atoms with van der Waals surface area (Å²) in [7, 11) is -3.86. The fraction of sp³-hybridized carbons (Fsp3) is 0.167. The molecule has 1 aliphatic rings. The molecule has 24 heavy (non-hydrogen) atoms. The molecular weight excluding hydrogens is 326 g/mol. The second kappa shape index (κ2) is 6.38. The monoisotopic (exact) mass is 341 g/mol. The minimum Gasteiger partial charge on any atom is -0.486 e. The van der Waals surface area contributed by atoms with Crippen molar-refractivity contribution in [2.75, 3.05) is 13.2 Å². The van der Waals surface area contributed by atoms with Crippen molar-refractivity contribution in [1.29, 1.82) is 5.26 Å². The predicted molar refractivity (Wildman–Crippen MR) is 89.4 cm³/mol. The second-order valence-electron chi connectivity index (χ2n) is 5.34. The van der Waals surface area contributed by atoms with E-state index < -0.39 is 9.84 Å². The first-order valence-corrected chi connectivity index (χ1v) is 8.82. The van der Waals surface area contributed by atoms with E-state index in [9.17, 15) is 13.7 Å². The molecule has 0 fully saturated rings. The van der Waals surface area contributed by atoms with Crippen molar-refractivity contribution < 1.29 is 17.9 Å². The van der Waals surface area contributed by atoms with Crippen molar-refractivity contribution in [3.05, 3.63) is 58.5 Å². The lowest BCUT2D eigenvalue weighted by molar-refractivity contribution is 0.171. The predicted octanol–water partition coefficient (Wildman–Crippen LogP) is 3.10. The van der Waals surface area contributed by atoms with E-state index in [-0.39, 0.29) is 9.80 Å². The van der Waals surface area contributed by atoms with Crippen LogP contribution in [0.25, 0.3) is 6.08 Å². The molecule has 0 saturated heterocycles. The van der Waals surface area contributed by atoms with Crippen LogP contribution in [-0.4, -0.2) is 21.6 Å². The van der Waals surface area contributed by atoms with E-state index in [2.05, 4.69) is 0 Å². The number of ether oxygens (including phenoxy) is 2. The Labute approximate surface area is 140 Å². The topological polar surface area (TPSA) is 76.4 Å². The highest BCUT2D eigenvalue weighted by Crippen LogP contribution is 2.32. The summed E-state index contributed by atoms with van der Waals surface area (Å²) in [5, 5.41) is 9.32. The number of aryl methyl sites for hydroxylation is 1. The van der Waals surface area contributed by atoms with E-state index in [4.69, 9.17) is 9.47 Å². The van der Waals surface area contributed by atoms with Gasteiger partial charge in [0.15, 0.2) is 11.5 Å². The lowest BCUT2D eigenvalue weighted by atomic mass is 10.2. The number of nitriles is 1. The van der Waals surface area contributed by atoms with Crippen molar-refractivity contribution in [1.82, 2.24) is 0 Å². The van der Waals surface area contributed by atoms with Gasteiger partial charge in [-0.25, -0.2) is 8.42 Å². The van der Waals surface area contributed by atoms with Gasteiger partial charge < -0.3 is 9.47 Å². The number of nitrogens with zero attached hydrogens (tertiary/aromatic N) is 1. The standard InChI is InChI=1S/C18H15NO4S/c1-13-2-5-15(6-3-13)24(20,21)16(12-19)10-14-4-7-17-18(11-14)23-9-8-22-17/h2-7,10-11H,8-9H2,1H3. The summed E-state index contributed by atoms with van der Waals surface area (Å²) in [6.07, 6.45) is 1.34. The lowest BCUT2D eigenvalue weighted by Gasteiger charge is -2.18. The molecule has 0 radical (unpaired) electrons. The van der Waals surface area contributed by atoms with Crippen LogP contribution in [0, 0.1) is 18.3 Å². The zero-order valence-electron chi connectivity index (χ0n) is 13.0. The molecule has 0 amide bonds. The number of benzene rings is 2. The molecular formula is C18H15NO4S. The van der Waals surface area contributed by atoms with Gasteiger partial charge in [0.1, 0.15) is 24.2 Å². The Morgan fingerprint density at radius 2 is 1.75 bits per heavy atom. The number of allylic oxidation sites excluding steroid dienone is 1. The maximum absolute atomic E-state index is 12.6. The van der Waals surface area contributed by atoms with Crippen LogP contribution in [0.5, 0.6) is 11.5 Å². The first-order chi connectivity index (χ1) is 11.5. The number of sulfone groups is 1. The van der Waals surface area contributed by atoms with Crippen molar-refractivity contribution in [2.45, 2.75) is 11.8 Å². The highest BCUT2D eigenvalue weighted by atomic mass is 32.2. The van der Waals surface area contributed by atoms with Gasteiger partial charge in [0.05, 0.1) is 4.90 Å². The molecule has 0 unspecified atom stereocenters. The van der Waals surface area contributed by atoms with Crippen molar-refractivity contribution >= 4 is 15.9 Å². The summed E-state index contributed by atoms with van der Waals surface area (Å²) in [4.78, 5) is -0.221. The Bertz CT molecular complexity index is 938. The van der Waals surface area contributed by atoms with Gasteiger partial charge in [-0.1, -0.05) is 23.8 Å². The maximum Gasteiger partial charge on any atom is 0.216 e. The van der Waals surface area contributed by atoms with Crippen LogP contribution in [0.2, 0.25) is 0 Å². The summed E-state index contributed by atoms with van der Waals surface area (Å²) in [5.74, 6) is 1.15. The summed E-state index contributed by atoms with van der Waals surface area (Å²) >= 11 is 0. The number of rotatable bonds is 3. The second-order valence-corrected chi connectivity index (χ2v) is 7.26. The van der Waals surface area contributed by atoms with Crippen LogP contribution in [0.4, 0.5) is 0 Å². The summed E-state index contributed by atoms with van der Waals surface area (Å²) < 4.78 is 36.1. The Kier molecular flexibility index (Phi) is 4.28. The van der Waals surface area contributed by atoms with Gasteiger partial charge >= 0.3 is 0 Å². The third-order valence-electron chi connectivity index (χ3n) is 3.59. The molecule has 0 atom stereocenters. The lowest BCUT2D eigenvalue weighted by Crippen LogP contribution is -2.15. The summed E-state index contributed by atoms with van der Waals surface area (Å²) in [5.41, 5.74) is 1.51. The molecule has 0 N–H and O–H groups in total. The third-order valence-corrected chi connectivity index (χ3v) is 5.28. The average molecular weight is 341 g/mol. The molecule has 0 aromatic heterocycles. The minimum absolute atomic E-state index is 0.0958. The van der Waals surface area contributed by atoms with Crippen LogP contribution in [0.15, 0.2) is 52.3 Å². The SMILES string of the molecule is Cc1ccc(S(=O)(=O)C(C#N)=Cc2ccc3c(c2)OCCO3)cc1. The van der Waals surface area contributed by atoms with E-state index in [1.165, 1.54) is 18.2 Å². The van der Waals surface area contributed by atoms with Crippen LogP contribution in [0.3, 0.4) is 0 Å². The Hall–Kier alpha value is -2.78. The molecule has 5 nitrogen and oxygen atoms in total. The van der Waals surface area contributed by atoms with Crippen molar-refractivity contribution in [3.63, 3.8) is 0 Å². The molecule has 0 spiro atoms. The molecule has 0 aliphatic carbocycles. The molecule has 122 valence electrons. The Morgan fingerprint density at radius 3 is 2.42 bits per heavy atom.